The van der Waals surface area contributed by atoms with Crippen molar-refractivity contribution in [1.82, 2.24) is 25.0 Å². The zero-order valence-corrected chi connectivity index (χ0v) is 13.2. The van der Waals surface area contributed by atoms with Crippen LogP contribution < -0.4 is 0 Å². The normalized spacial score (nSPS) is 24.6. The highest BCUT2D eigenvalue weighted by Crippen LogP contribution is 2.28. The van der Waals surface area contributed by atoms with Crippen molar-refractivity contribution in [3.8, 4) is 0 Å². The number of hydrogen-bond acceptors (Lipinski definition) is 4. The van der Waals surface area contributed by atoms with Crippen LogP contribution in [0.5, 0.6) is 0 Å². The molecular formula is C15H25N5O2. The molecule has 1 amide bonds. The second-order valence-corrected chi connectivity index (χ2v) is 6.33. The van der Waals surface area contributed by atoms with Gasteiger partial charge in [0, 0.05) is 38.0 Å². The summed E-state index contributed by atoms with van der Waals surface area (Å²) in [5.41, 5.74) is 0. The first kappa shape index (κ1) is 15.3. The Morgan fingerprint density at radius 2 is 2.09 bits per heavy atom. The molecule has 1 unspecified atom stereocenters. The van der Waals surface area contributed by atoms with Crippen LogP contribution in [-0.2, 0) is 6.42 Å². The topological polar surface area (TPSA) is 85.3 Å². The molecule has 0 saturated carbocycles. The average Bonchev–Trinajstić information content (AvgIpc) is 3.04. The molecule has 2 aliphatic heterocycles. The average molecular weight is 307 g/mol. The number of nitrogens with zero attached hydrogens (tertiary/aromatic N) is 4. The standard InChI is InChI=1S/C15H25N5O2/c1-2-13-16-14(18-17-13)11-4-3-7-20(10-11)12-5-8-19(9-6-12)15(21)22/h11-12H,2-10H2,1H3,(H,21,22)(H,16,17,18). The lowest BCUT2D eigenvalue weighted by Crippen LogP contribution is -2.49. The van der Waals surface area contributed by atoms with Crippen molar-refractivity contribution in [3.63, 3.8) is 0 Å². The number of nitrogens with one attached hydrogen (secondary N) is 1. The van der Waals surface area contributed by atoms with Gasteiger partial charge in [-0.3, -0.25) is 10.00 Å². The van der Waals surface area contributed by atoms with Crippen LogP contribution in [0.15, 0.2) is 0 Å². The summed E-state index contributed by atoms with van der Waals surface area (Å²) in [6.45, 7) is 5.50. The number of aromatic nitrogens is 3. The van der Waals surface area contributed by atoms with E-state index in [1.54, 1.807) is 0 Å². The fourth-order valence-electron chi connectivity index (χ4n) is 3.62. The molecule has 0 aliphatic carbocycles. The molecule has 1 aromatic rings. The van der Waals surface area contributed by atoms with E-state index < -0.39 is 6.09 Å². The highest BCUT2D eigenvalue weighted by atomic mass is 16.4. The molecule has 1 aromatic heterocycles. The Kier molecular flexibility index (Phi) is 4.61. The van der Waals surface area contributed by atoms with E-state index in [2.05, 4.69) is 27.0 Å². The third-order valence-electron chi connectivity index (χ3n) is 4.95. The van der Waals surface area contributed by atoms with Gasteiger partial charge in [-0.15, -0.1) is 0 Å². The Morgan fingerprint density at radius 1 is 1.32 bits per heavy atom. The Bertz CT molecular complexity index is 510. The quantitative estimate of drug-likeness (QED) is 0.887. The molecular weight excluding hydrogens is 282 g/mol. The summed E-state index contributed by atoms with van der Waals surface area (Å²) in [4.78, 5) is 19.6. The second-order valence-electron chi connectivity index (χ2n) is 6.33. The molecule has 122 valence electrons. The van der Waals surface area contributed by atoms with Gasteiger partial charge in [-0.2, -0.15) is 5.10 Å². The van der Waals surface area contributed by atoms with E-state index in [0.29, 0.717) is 25.0 Å². The number of aromatic amines is 1. The van der Waals surface area contributed by atoms with Gasteiger partial charge in [0.15, 0.2) is 5.82 Å². The maximum Gasteiger partial charge on any atom is 0.407 e. The molecule has 3 heterocycles. The molecule has 0 bridgehead atoms. The summed E-state index contributed by atoms with van der Waals surface area (Å²) in [6.07, 6.45) is 4.28. The fourth-order valence-corrected chi connectivity index (χ4v) is 3.62. The molecule has 2 aliphatic rings. The molecule has 2 saturated heterocycles. The van der Waals surface area contributed by atoms with E-state index in [4.69, 9.17) is 5.11 Å². The molecule has 0 radical (unpaired) electrons. The number of rotatable bonds is 3. The number of carboxylic acid groups (broad SMARTS) is 1. The molecule has 7 heteroatoms. The van der Waals surface area contributed by atoms with Crippen LogP contribution in [0.1, 0.15) is 50.2 Å². The largest absolute Gasteiger partial charge is 0.465 e. The van der Waals surface area contributed by atoms with E-state index >= 15 is 0 Å². The van der Waals surface area contributed by atoms with Crippen molar-refractivity contribution < 1.29 is 9.90 Å². The van der Waals surface area contributed by atoms with E-state index in [1.165, 1.54) is 11.3 Å². The second kappa shape index (κ2) is 6.64. The van der Waals surface area contributed by atoms with Crippen LogP contribution in [0.25, 0.3) is 0 Å². The number of carbonyl (C=O) groups is 1. The summed E-state index contributed by atoms with van der Waals surface area (Å²) in [7, 11) is 0. The predicted molar refractivity (Wildman–Crippen MR) is 81.9 cm³/mol. The number of aryl methyl sites for hydroxylation is 1. The van der Waals surface area contributed by atoms with Crippen molar-refractivity contribution in [3.05, 3.63) is 11.6 Å². The van der Waals surface area contributed by atoms with Gasteiger partial charge in [0.2, 0.25) is 0 Å². The van der Waals surface area contributed by atoms with Crippen molar-refractivity contribution >= 4 is 6.09 Å². The smallest absolute Gasteiger partial charge is 0.407 e. The maximum absolute atomic E-state index is 11.0. The minimum Gasteiger partial charge on any atom is -0.465 e. The fraction of sp³-hybridized carbons (Fsp3) is 0.800. The molecule has 2 N–H and O–H groups in total. The maximum atomic E-state index is 11.0. The van der Waals surface area contributed by atoms with Gasteiger partial charge < -0.3 is 10.0 Å². The number of piperidine rings is 2. The summed E-state index contributed by atoms with van der Waals surface area (Å²) in [5.74, 6) is 2.31. The highest BCUT2D eigenvalue weighted by Gasteiger charge is 2.31. The third-order valence-corrected chi connectivity index (χ3v) is 4.95. The summed E-state index contributed by atoms with van der Waals surface area (Å²) in [6, 6.07) is 0.503. The van der Waals surface area contributed by atoms with Gasteiger partial charge in [-0.1, -0.05) is 6.92 Å². The number of amides is 1. The van der Waals surface area contributed by atoms with Crippen molar-refractivity contribution in [2.75, 3.05) is 26.2 Å². The van der Waals surface area contributed by atoms with Crippen LogP contribution in [0.4, 0.5) is 4.79 Å². The van der Waals surface area contributed by atoms with Crippen LogP contribution in [0.2, 0.25) is 0 Å². The molecule has 3 rings (SSSR count). The third kappa shape index (κ3) is 3.24. The molecule has 22 heavy (non-hydrogen) atoms. The minimum atomic E-state index is -0.789. The first-order valence-electron chi connectivity index (χ1n) is 8.30. The predicted octanol–water partition coefficient (Wildman–Crippen LogP) is 1.69. The summed E-state index contributed by atoms with van der Waals surface area (Å²) >= 11 is 0. The molecule has 1 atom stereocenters. The van der Waals surface area contributed by atoms with E-state index in [0.717, 1.165) is 50.4 Å². The van der Waals surface area contributed by atoms with E-state index in [-0.39, 0.29) is 0 Å². The number of likely N-dealkylation sites (tertiary alicyclic amines) is 2. The number of H-pyrrole nitrogens is 1. The van der Waals surface area contributed by atoms with Crippen molar-refractivity contribution in [1.29, 1.82) is 0 Å². The van der Waals surface area contributed by atoms with Crippen LogP contribution >= 0.6 is 0 Å². The molecule has 0 spiro atoms. The molecule has 7 nitrogen and oxygen atoms in total. The monoisotopic (exact) mass is 307 g/mol. The van der Waals surface area contributed by atoms with Gasteiger partial charge in [-0.05, 0) is 32.2 Å². The van der Waals surface area contributed by atoms with Crippen LogP contribution in [0.3, 0.4) is 0 Å². The molecule has 2 fully saturated rings. The van der Waals surface area contributed by atoms with Gasteiger partial charge >= 0.3 is 6.09 Å². The number of hydrogen-bond donors (Lipinski definition) is 2. The first-order chi connectivity index (χ1) is 10.7. The van der Waals surface area contributed by atoms with Gasteiger partial charge in [0.05, 0.1) is 0 Å². The molecule has 0 aromatic carbocycles. The van der Waals surface area contributed by atoms with Crippen LogP contribution in [-0.4, -0.2) is 68.4 Å². The van der Waals surface area contributed by atoms with E-state index in [9.17, 15) is 4.79 Å². The Balaban J connectivity index is 1.58. The summed E-state index contributed by atoms with van der Waals surface area (Å²) < 4.78 is 0. The van der Waals surface area contributed by atoms with Gasteiger partial charge in [0.1, 0.15) is 5.82 Å². The van der Waals surface area contributed by atoms with Crippen molar-refractivity contribution in [2.45, 2.75) is 51.0 Å². The summed E-state index contributed by atoms with van der Waals surface area (Å²) in [5, 5.41) is 16.4. The minimum absolute atomic E-state index is 0.405. The Hall–Kier alpha value is -1.63. The van der Waals surface area contributed by atoms with Crippen LogP contribution in [0, 0.1) is 0 Å². The first-order valence-corrected chi connectivity index (χ1v) is 8.30. The van der Waals surface area contributed by atoms with Crippen molar-refractivity contribution in [2.24, 2.45) is 0 Å². The van der Waals surface area contributed by atoms with E-state index in [1.807, 2.05) is 0 Å². The SMILES string of the molecule is CCc1nc(C2CCCN(C3CCN(C(=O)O)CC3)C2)n[nH]1. The Labute approximate surface area is 130 Å². The van der Waals surface area contributed by atoms with Gasteiger partial charge in [0.25, 0.3) is 0 Å². The highest BCUT2D eigenvalue weighted by molar-refractivity contribution is 5.65. The zero-order valence-electron chi connectivity index (χ0n) is 13.2. The van der Waals surface area contributed by atoms with Gasteiger partial charge in [-0.25, -0.2) is 9.78 Å². The zero-order chi connectivity index (χ0) is 15.5. The lowest BCUT2D eigenvalue weighted by molar-refractivity contribution is 0.0785. The lowest BCUT2D eigenvalue weighted by atomic mass is 9.93. The Morgan fingerprint density at radius 3 is 2.73 bits per heavy atom. The lowest BCUT2D eigenvalue weighted by Gasteiger charge is -2.41.